The summed E-state index contributed by atoms with van der Waals surface area (Å²) in [5.41, 5.74) is 2.60. The van der Waals surface area contributed by atoms with Gasteiger partial charge in [-0.3, -0.25) is 14.9 Å². The Morgan fingerprint density at radius 1 is 1.24 bits per heavy atom. The molecule has 2 aromatic carbocycles. The number of aromatic amines is 1. The Kier molecular flexibility index (Phi) is 4.79. The van der Waals surface area contributed by atoms with Crippen LogP contribution in [0.5, 0.6) is 0 Å². The van der Waals surface area contributed by atoms with Crippen molar-refractivity contribution in [2.75, 3.05) is 6.61 Å². The summed E-state index contributed by atoms with van der Waals surface area (Å²) >= 11 is 0. The van der Waals surface area contributed by atoms with E-state index < -0.39 is 4.92 Å². The lowest BCUT2D eigenvalue weighted by molar-refractivity contribution is -0.384. The summed E-state index contributed by atoms with van der Waals surface area (Å²) in [4.78, 5) is 26.0. The summed E-state index contributed by atoms with van der Waals surface area (Å²) in [6.45, 7) is 2.06. The third kappa shape index (κ3) is 3.52. The number of para-hydroxylation sites is 1. The van der Waals surface area contributed by atoms with E-state index in [1.165, 1.54) is 12.1 Å². The second-order valence-electron chi connectivity index (χ2n) is 5.70. The molecule has 25 heavy (non-hydrogen) atoms. The minimum Gasteiger partial charge on any atom is -0.466 e. The number of carbonyl (C=O) groups is 1. The molecule has 0 aliphatic carbocycles. The number of fused-ring (bicyclic) bond motifs is 1. The number of hydrogen-bond acceptors (Lipinski definition) is 4. The predicted molar refractivity (Wildman–Crippen MR) is 94.5 cm³/mol. The summed E-state index contributed by atoms with van der Waals surface area (Å²) in [5, 5.41) is 12.1. The Balaban J connectivity index is 2.08. The number of H-pyrrole nitrogens is 1. The van der Waals surface area contributed by atoms with Crippen LogP contribution in [-0.4, -0.2) is 22.5 Å². The Morgan fingerprint density at radius 3 is 2.80 bits per heavy atom. The second kappa shape index (κ2) is 7.17. The molecule has 1 unspecified atom stereocenters. The zero-order valence-electron chi connectivity index (χ0n) is 13.8. The van der Waals surface area contributed by atoms with Crippen LogP contribution in [0.3, 0.4) is 0 Å². The quantitative estimate of drug-likeness (QED) is 0.415. The molecule has 0 saturated carbocycles. The fourth-order valence-electron chi connectivity index (χ4n) is 3.03. The van der Waals surface area contributed by atoms with E-state index in [4.69, 9.17) is 4.74 Å². The molecular formula is C19H18N2O4. The molecule has 3 aromatic rings. The summed E-state index contributed by atoms with van der Waals surface area (Å²) in [7, 11) is 0. The van der Waals surface area contributed by atoms with Gasteiger partial charge in [-0.1, -0.05) is 30.3 Å². The molecule has 128 valence electrons. The number of nitro benzene ring substituents is 1. The van der Waals surface area contributed by atoms with Crippen molar-refractivity contribution >= 4 is 22.6 Å². The van der Waals surface area contributed by atoms with Gasteiger partial charge in [0.25, 0.3) is 5.69 Å². The average Bonchev–Trinajstić information content (AvgIpc) is 3.04. The van der Waals surface area contributed by atoms with Crippen LogP contribution in [0, 0.1) is 10.1 Å². The van der Waals surface area contributed by atoms with Gasteiger partial charge in [-0.15, -0.1) is 0 Å². The molecule has 6 heteroatoms. The van der Waals surface area contributed by atoms with E-state index in [9.17, 15) is 14.9 Å². The number of nitro groups is 1. The van der Waals surface area contributed by atoms with Crippen molar-refractivity contribution in [2.45, 2.75) is 19.3 Å². The maximum Gasteiger partial charge on any atom is 0.306 e. The highest BCUT2D eigenvalue weighted by Crippen LogP contribution is 2.34. The van der Waals surface area contributed by atoms with Crippen LogP contribution in [0.1, 0.15) is 30.4 Å². The molecule has 1 atom stereocenters. The molecule has 0 aliphatic heterocycles. The van der Waals surface area contributed by atoms with Crippen LogP contribution in [0.2, 0.25) is 0 Å². The highest BCUT2D eigenvalue weighted by atomic mass is 16.6. The summed E-state index contributed by atoms with van der Waals surface area (Å²) < 4.78 is 5.10. The number of nitrogens with one attached hydrogen (secondary N) is 1. The lowest BCUT2D eigenvalue weighted by Crippen LogP contribution is -2.11. The number of aromatic nitrogens is 1. The molecule has 0 saturated heterocycles. The fraction of sp³-hybridized carbons (Fsp3) is 0.211. The molecule has 3 rings (SSSR count). The largest absolute Gasteiger partial charge is 0.466 e. The molecular weight excluding hydrogens is 320 g/mol. The van der Waals surface area contributed by atoms with Crippen molar-refractivity contribution in [1.29, 1.82) is 0 Å². The molecule has 0 amide bonds. The first-order valence-corrected chi connectivity index (χ1v) is 8.06. The number of benzene rings is 2. The molecule has 0 fully saturated rings. The molecule has 1 heterocycles. The highest BCUT2D eigenvalue weighted by molar-refractivity contribution is 5.85. The minimum absolute atomic E-state index is 0.00574. The average molecular weight is 338 g/mol. The topological polar surface area (TPSA) is 85.2 Å². The monoisotopic (exact) mass is 338 g/mol. The first kappa shape index (κ1) is 16.7. The third-order valence-electron chi connectivity index (χ3n) is 4.16. The lowest BCUT2D eigenvalue weighted by Gasteiger charge is -2.16. The van der Waals surface area contributed by atoms with Gasteiger partial charge >= 0.3 is 5.97 Å². The highest BCUT2D eigenvalue weighted by Gasteiger charge is 2.23. The van der Waals surface area contributed by atoms with Crippen LogP contribution in [0.4, 0.5) is 5.69 Å². The van der Waals surface area contributed by atoms with E-state index in [1.807, 2.05) is 30.5 Å². The lowest BCUT2D eigenvalue weighted by atomic mass is 9.88. The van der Waals surface area contributed by atoms with Crippen molar-refractivity contribution in [3.63, 3.8) is 0 Å². The maximum atomic E-state index is 12.1. The fourth-order valence-corrected chi connectivity index (χ4v) is 3.03. The van der Waals surface area contributed by atoms with E-state index in [0.29, 0.717) is 12.2 Å². The summed E-state index contributed by atoms with van der Waals surface area (Å²) in [5.74, 6) is -0.653. The predicted octanol–water partition coefficient (Wildman–Crippen LogP) is 4.16. The Bertz CT molecular complexity index is 916. The van der Waals surface area contributed by atoms with Crippen molar-refractivity contribution in [3.8, 4) is 0 Å². The SMILES string of the molecule is CCOC(=O)CC(c1cccc([N+](=O)[O-])c1)c1c[nH]c2ccccc12. The van der Waals surface area contributed by atoms with Gasteiger partial charge in [-0.05, 0) is 24.1 Å². The Hall–Kier alpha value is -3.15. The standard InChI is InChI=1S/C19H18N2O4/c1-2-25-19(22)11-16(13-6-5-7-14(10-13)21(23)24)17-12-20-18-9-4-3-8-15(17)18/h3-10,12,16,20H,2,11H2,1H3. The van der Waals surface area contributed by atoms with Gasteiger partial charge in [0.15, 0.2) is 0 Å². The Morgan fingerprint density at radius 2 is 2.04 bits per heavy atom. The zero-order chi connectivity index (χ0) is 17.8. The first-order valence-electron chi connectivity index (χ1n) is 8.06. The zero-order valence-corrected chi connectivity index (χ0v) is 13.8. The van der Waals surface area contributed by atoms with Crippen molar-refractivity contribution in [1.82, 2.24) is 4.98 Å². The minimum atomic E-state index is -0.430. The second-order valence-corrected chi connectivity index (χ2v) is 5.70. The van der Waals surface area contributed by atoms with Crippen LogP contribution in [0.15, 0.2) is 54.7 Å². The van der Waals surface area contributed by atoms with E-state index in [1.54, 1.807) is 19.1 Å². The van der Waals surface area contributed by atoms with Gasteiger partial charge in [0, 0.05) is 35.2 Å². The number of hydrogen-bond donors (Lipinski definition) is 1. The number of carbonyl (C=O) groups excluding carboxylic acids is 1. The Labute approximate surface area is 144 Å². The molecule has 0 aliphatic rings. The molecule has 1 N–H and O–H groups in total. The van der Waals surface area contributed by atoms with Gasteiger partial charge in [0.2, 0.25) is 0 Å². The third-order valence-corrected chi connectivity index (χ3v) is 4.16. The van der Waals surface area contributed by atoms with E-state index in [-0.39, 0.29) is 24.0 Å². The number of esters is 1. The van der Waals surface area contributed by atoms with Crippen molar-refractivity contribution in [3.05, 3.63) is 76.0 Å². The van der Waals surface area contributed by atoms with E-state index >= 15 is 0 Å². The van der Waals surface area contributed by atoms with Crippen molar-refractivity contribution < 1.29 is 14.5 Å². The molecule has 1 aromatic heterocycles. The number of nitrogens with zero attached hydrogens (tertiary/aromatic N) is 1. The van der Waals surface area contributed by atoms with E-state index in [0.717, 1.165) is 16.5 Å². The van der Waals surface area contributed by atoms with Gasteiger partial charge in [0.05, 0.1) is 18.0 Å². The number of rotatable bonds is 6. The number of non-ortho nitro benzene ring substituents is 1. The van der Waals surface area contributed by atoms with Gasteiger partial charge < -0.3 is 9.72 Å². The van der Waals surface area contributed by atoms with Gasteiger partial charge in [0.1, 0.15) is 0 Å². The van der Waals surface area contributed by atoms with Crippen LogP contribution < -0.4 is 0 Å². The van der Waals surface area contributed by atoms with E-state index in [2.05, 4.69) is 4.98 Å². The summed E-state index contributed by atoms with van der Waals surface area (Å²) in [6, 6.07) is 14.2. The molecule has 6 nitrogen and oxygen atoms in total. The smallest absolute Gasteiger partial charge is 0.306 e. The van der Waals surface area contributed by atoms with Crippen molar-refractivity contribution in [2.24, 2.45) is 0 Å². The van der Waals surface area contributed by atoms with Gasteiger partial charge in [-0.25, -0.2) is 0 Å². The van der Waals surface area contributed by atoms with Crippen LogP contribution in [-0.2, 0) is 9.53 Å². The van der Waals surface area contributed by atoms with Crippen LogP contribution >= 0.6 is 0 Å². The van der Waals surface area contributed by atoms with Crippen LogP contribution in [0.25, 0.3) is 10.9 Å². The molecule has 0 bridgehead atoms. The maximum absolute atomic E-state index is 12.1. The first-order chi connectivity index (χ1) is 12.1. The molecule has 0 spiro atoms. The normalized spacial score (nSPS) is 12.0. The molecule has 0 radical (unpaired) electrons. The number of ether oxygens (including phenoxy) is 1. The van der Waals surface area contributed by atoms with Gasteiger partial charge in [-0.2, -0.15) is 0 Å². The summed E-state index contributed by atoms with van der Waals surface area (Å²) in [6.07, 6.45) is 1.98.